The molecule has 0 spiro atoms. The third kappa shape index (κ3) is 4.90. The van der Waals surface area contributed by atoms with Gasteiger partial charge in [-0.2, -0.15) is 0 Å². The molecule has 0 fully saturated rings. The van der Waals surface area contributed by atoms with Gasteiger partial charge in [-0.15, -0.1) is 11.3 Å². The van der Waals surface area contributed by atoms with E-state index in [1.54, 1.807) is 11.3 Å². The number of anilines is 1. The molecule has 4 atom stereocenters. The van der Waals surface area contributed by atoms with E-state index in [1.807, 2.05) is 62.4 Å². The number of nitrogens with one attached hydrogen (secondary N) is 2. The highest BCUT2D eigenvalue weighted by molar-refractivity contribution is 7.19. The molecule has 198 valence electrons. The van der Waals surface area contributed by atoms with E-state index in [-0.39, 0.29) is 24.7 Å². The van der Waals surface area contributed by atoms with Crippen molar-refractivity contribution in [2.75, 3.05) is 4.90 Å². The summed E-state index contributed by atoms with van der Waals surface area (Å²) in [5.74, 6) is -2.34. The molecule has 2 aliphatic heterocycles. The Morgan fingerprint density at radius 3 is 2.63 bits per heavy atom. The summed E-state index contributed by atoms with van der Waals surface area (Å²) in [7, 11) is 0. The zero-order valence-corrected chi connectivity index (χ0v) is 22.2. The smallest absolute Gasteiger partial charge is 0.327 e. The van der Waals surface area contributed by atoms with Gasteiger partial charge in [-0.3, -0.25) is 19.3 Å². The first-order valence-corrected chi connectivity index (χ1v) is 13.8. The van der Waals surface area contributed by atoms with Gasteiger partial charge in [-0.1, -0.05) is 56.7 Å². The summed E-state index contributed by atoms with van der Waals surface area (Å²) in [5.41, 5.74) is 2.41. The van der Waals surface area contributed by atoms with Crippen LogP contribution in [0.15, 0.2) is 48.5 Å². The number of para-hydroxylation sites is 1. The van der Waals surface area contributed by atoms with Gasteiger partial charge in [0, 0.05) is 16.0 Å². The normalized spacial score (nSPS) is 19.9. The minimum atomic E-state index is -1.07. The fourth-order valence-corrected chi connectivity index (χ4v) is 6.50. The summed E-state index contributed by atoms with van der Waals surface area (Å²) in [6.45, 7) is 3.84. The van der Waals surface area contributed by atoms with Crippen molar-refractivity contribution >= 4 is 50.8 Å². The molecule has 3 heterocycles. The maximum Gasteiger partial charge on any atom is 0.327 e. The highest BCUT2D eigenvalue weighted by Crippen LogP contribution is 2.39. The van der Waals surface area contributed by atoms with E-state index in [2.05, 4.69) is 10.6 Å². The van der Waals surface area contributed by atoms with E-state index in [0.29, 0.717) is 24.9 Å². The van der Waals surface area contributed by atoms with E-state index in [9.17, 15) is 24.3 Å². The minimum Gasteiger partial charge on any atom is -0.480 e. The van der Waals surface area contributed by atoms with Crippen LogP contribution in [0.2, 0.25) is 0 Å². The topological polar surface area (TPSA) is 116 Å². The molecule has 2 aromatic carbocycles. The molecule has 0 unspecified atom stereocenters. The summed E-state index contributed by atoms with van der Waals surface area (Å²) < 4.78 is 1.10. The number of carboxylic acid groups (broad SMARTS) is 1. The van der Waals surface area contributed by atoms with Crippen molar-refractivity contribution < 1.29 is 24.3 Å². The molecule has 0 bridgehead atoms. The molecule has 9 heteroatoms. The highest BCUT2D eigenvalue weighted by atomic mass is 32.1. The second kappa shape index (κ2) is 10.6. The number of thiophene rings is 1. The van der Waals surface area contributed by atoms with Gasteiger partial charge >= 0.3 is 5.97 Å². The van der Waals surface area contributed by atoms with Crippen molar-refractivity contribution in [3.8, 4) is 0 Å². The van der Waals surface area contributed by atoms with Crippen molar-refractivity contribution in [1.29, 1.82) is 0 Å². The van der Waals surface area contributed by atoms with Gasteiger partial charge in [0.25, 0.3) is 0 Å². The van der Waals surface area contributed by atoms with Crippen LogP contribution in [0.5, 0.6) is 0 Å². The Balaban J connectivity index is 1.31. The Kier molecular flexibility index (Phi) is 7.21. The standard InChI is InChI=1S/C29H31N3O5S/c1-3-16(2)25(31-24(33)15-20-13-18-7-4-5-10-23(18)38-20)27(34)30-21-12-11-17-8-6-9-19-14-22(29(36)37)32(26(17)19)28(21)35/h4-10,13,16,21-22,25H,3,11-12,14-15H2,1-2H3,(H,30,34)(H,31,33)(H,36,37)/t16-,21-,22-,25-/m0/s1. The summed E-state index contributed by atoms with van der Waals surface area (Å²) in [4.78, 5) is 54.3. The fourth-order valence-electron chi connectivity index (χ4n) is 5.43. The molecule has 0 radical (unpaired) electrons. The summed E-state index contributed by atoms with van der Waals surface area (Å²) in [6.07, 6.45) is 1.95. The zero-order valence-electron chi connectivity index (χ0n) is 21.4. The van der Waals surface area contributed by atoms with Gasteiger partial charge in [0.1, 0.15) is 18.1 Å². The van der Waals surface area contributed by atoms with Gasteiger partial charge in [0.05, 0.1) is 12.1 Å². The number of carboxylic acids is 1. The van der Waals surface area contributed by atoms with Crippen LogP contribution < -0.4 is 15.5 Å². The number of rotatable bonds is 8. The second-order valence-corrected chi connectivity index (χ2v) is 11.3. The summed E-state index contributed by atoms with van der Waals surface area (Å²) >= 11 is 1.55. The Labute approximate surface area is 225 Å². The molecular weight excluding hydrogens is 502 g/mol. The number of nitrogens with zero attached hydrogens (tertiary/aromatic N) is 1. The lowest BCUT2D eigenvalue weighted by atomic mass is 9.97. The molecule has 0 saturated carbocycles. The van der Waals surface area contributed by atoms with Crippen LogP contribution in [0.1, 0.15) is 42.7 Å². The van der Waals surface area contributed by atoms with Crippen molar-refractivity contribution in [2.24, 2.45) is 5.92 Å². The molecule has 3 amide bonds. The molecule has 0 saturated heterocycles. The number of carbonyl (C=O) groups is 4. The third-order valence-corrected chi connectivity index (χ3v) is 8.75. The van der Waals surface area contributed by atoms with Crippen LogP contribution in [-0.4, -0.2) is 46.9 Å². The average Bonchev–Trinajstić information content (AvgIpc) is 3.46. The predicted octanol–water partition coefficient (Wildman–Crippen LogP) is 3.45. The van der Waals surface area contributed by atoms with Crippen molar-refractivity contribution in [3.05, 3.63) is 64.5 Å². The number of amides is 3. The van der Waals surface area contributed by atoms with Crippen molar-refractivity contribution in [1.82, 2.24) is 10.6 Å². The summed E-state index contributed by atoms with van der Waals surface area (Å²) in [6, 6.07) is 12.9. The number of benzene rings is 2. The first-order valence-electron chi connectivity index (χ1n) is 13.0. The molecule has 2 aliphatic rings. The zero-order chi connectivity index (χ0) is 27.0. The number of hydrogen-bond acceptors (Lipinski definition) is 5. The van der Waals surface area contributed by atoms with Crippen LogP contribution in [0.3, 0.4) is 0 Å². The summed E-state index contributed by atoms with van der Waals surface area (Å²) in [5, 5.41) is 16.6. The van der Waals surface area contributed by atoms with E-state index in [4.69, 9.17) is 0 Å². The molecular formula is C29H31N3O5S. The lowest BCUT2D eigenvalue weighted by molar-refractivity contribution is -0.140. The number of hydrogen-bond donors (Lipinski definition) is 3. The quantitative estimate of drug-likeness (QED) is 0.410. The second-order valence-electron chi connectivity index (χ2n) is 10.1. The Morgan fingerprint density at radius 1 is 1.13 bits per heavy atom. The van der Waals surface area contributed by atoms with Gasteiger partial charge in [-0.05, 0) is 47.4 Å². The maximum absolute atomic E-state index is 13.6. The fraction of sp³-hybridized carbons (Fsp3) is 0.379. The molecule has 3 N–H and O–H groups in total. The molecule has 3 aromatic rings. The van der Waals surface area contributed by atoms with E-state index < -0.39 is 35.9 Å². The first kappa shape index (κ1) is 25.9. The van der Waals surface area contributed by atoms with Crippen LogP contribution in [0.25, 0.3) is 10.1 Å². The highest BCUT2D eigenvalue weighted by Gasteiger charge is 2.44. The lowest BCUT2D eigenvalue weighted by Crippen LogP contribution is -2.57. The van der Waals surface area contributed by atoms with Crippen molar-refractivity contribution in [2.45, 2.75) is 64.1 Å². The Morgan fingerprint density at radius 2 is 1.89 bits per heavy atom. The maximum atomic E-state index is 13.6. The molecule has 8 nitrogen and oxygen atoms in total. The molecule has 38 heavy (non-hydrogen) atoms. The predicted molar refractivity (Wildman–Crippen MR) is 146 cm³/mol. The van der Waals surface area contributed by atoms with Crippen LogP contribution in [-0.2, 0) is 38.4 Å². The Bertz CT molecular complexity index is 1380. The molecule has 0 aliphatic carbocycles. The van der Waals surface area contributed by atoms with E-state index >= 15 is 0 Å². The molecule has 1 aromatic heterocycles. The monoisotopic (exact) mass is 533 g/mol. The minimum absolute atomic E-state index is 0.161. The third-order valence-electron chi connectivity index (χ3n) is 7.63. The SMILES string of the molecule is CC[C@H](C)[C@H](NC(=O)Cc1cc2ccccc2s1)C(=O)N[C@H]1CCc2cccc3c2N(C1=O)[C@H](C(=O)O)C3. The van der Waals surface area contributed by atoms with E-state index in [0.717, 1.165) is 26.1 Å². The Hall–Kier alpha value is -3.72. The number of carbonyl (C=O) groups excluding carboxylic acids is 3. The average molecular weight is 534 g/mol. The van der Waals surface area contributed by atoms with Gasteiger partial charge in [0.2, 0.25) is 17.7 Å². The van der Waals surface area contributed by atoms with Crippen LogP contribution >= 0.6 is 11.3 Å². The van der Waals surface area contributed by atoms with Crippen LogP contribution in [0.4, 0.5) is 5.69 Å². The number of fused-ring (bicyclic) bond motifs is 1. The first-order chi connectivity index (χ1) is 18.3. The van der Waals surface area contributed by atoms with E-state index in [1.165, 1.54) is 4.90 Å². The van der Waals surface area contributed by atoms with Gasteiger partial charge in [0.15, 0.2) is 0 Å². The van der Waals surface area contributed by atoms with Crippen LogP contribution in [0, 0.1) is 5.92 Å². The van der Waals surface area contributed by atoms with Gasteiger partial charge < -0.3 is 15.7 Å². The van der Waals surface area contributed by atoms with Gasteiger partial charge in [-0.25, -0.2) is 4.79 Å². The number of aliphatic carboxylic acids is 1. The number of aryl methyl sites for hydroxylation is 1. The molecule has 5 rings (SSSR count). The largest absolute Gasteiger partial charge is 0.480 e. The lowest BCUT2D eigenvalue weighted by Gasteiger charge is -2.29. The van der Waals surface area contributed by atoms with Crippen molar-refractivity contribution in [3.63, 3.8) is 0 Å².